The molecule has 0 aromatic heterocycles. The van der Waals surface area contributed by atoms with Crippen molar-refractivity contribution in [2.24, 2.45) is 11.1 Å². The third kappa shape index (κ3) is 3.22. The monoisotopic (exact) mass is 252 g/mol. The second-order valence-electron chi connectivity index (χ2n) is 6.07. The maximum absolute atomic E-state index is 13.8. The van der Waals surface area contributed by atoms with Gasteiger partial charge in [-0.3, -0.25) is 0 Å². The zero-order valence-corrected chi connectivity index (χ0v) is 12.1. The van der Waals surface area contributed by atoms with Crippen LogP contribution in [0.4, 0.5) is 10.1 Å². The zero-order chi connectivity index (χ0) is 14.0. The summed E-state index contributed by atoms with van der Waals surface area (Å²) in [6.45, 7) is 11.8. The molecule has 0 aliphatic heterocycles. The summed E-state index contributed by atoms with van der Waals surface area (Å²) in [4.78, 5) is 2.05. The summed E-state index contributed by atoms with van der Waals surface area (Å²) in [6.07, 6.45) is 0. The number of nitrogens with zero attached hydrogens (tertiary/aromatic N) is 1. The zero-order valence-electron chi connectivity index (χ0n) is 12.1. The first-order valence-corrected chi connectivity index (χ1v) is 6.47. The summed E-state index contributed by atoms with van der Waals surface area (Å²) in [5.74, 6) is -0.176. The van der Waals surface area contributed by atoms with E-state index in [1.807, 2.05) is 37.8 Å². The SMILES string of the molecule is CCN(CC(C)(C)C(C)(C)N)c1ccccc1F. The fourth-order valence-corrected chi connectivity index (χ4v) is 1.76. The van der Waals surface area contributed by atoms with Crippen molar-refractivity contribution in [1.82, 2.24) is 0 Å². The lowest BCUT2D eigenvalue weighted by Crippen LogP contribution is -2.53. The number of para-hydroxylation sites is 1. The third-order valence-corrected chi connectivity index (χ3v) is 3.91. The highest BCUT2D eigenvalue weighted by Crippen LogP contribution is 2.31. The van der Waals surface area contributed by atoms with Crippen LogP contribution < -0.4 is 10.6 Å². The number of hydrogen-bond acceptors (Lipinski definition) is 2. The molecule has 102 valence electrons. The van der Waals surface area contributed by atoms with Crippen molar-refractivity contribution >= 4 is 5.69 Å². The van der Waals surface area contributed by atoms with Crippen LogP contribution in [0.15, 0.2) is 24.3 Å². The fraction of sp³-hybridized carbons (Fsp3) is 0.600. The number of benzene rings is 1. The normalized spacial score (nSPS) is 12.6. The highest BCUT2D eigenvalue weighted by Gasteiger charge is 2.35. The van der Waals surface area contributed by atoms with E-state index < -0.39 is 0 Å². The lowest BCUT2D eigenvalue weighted by atomic mass is 9.75. The van der Waals surface area contributed by atoms with Gasteiger partial charge >= 0.3 is 0 Å². The third-order valence-electron chi connectivity index (χ3n) is 3.91. The molecule has 0 bridgehead atoms. The molecule has 0 atom stereocenters. The molecule has 0 aliphatic rings. The summed E-state index contributed by atoms with van der Waals surface area (Å²) in [6, 6.07) is 6.89. The number of nitrogens with two attached hydrogens (primary N) is 1. The second-order valence-corrected chi connectivity index (χ2v) is 6.07. The summed E-state index contributed by atoms with van der Waals surface area (Å²) >= 11 is 0. The van der Waals surface area contributed by atoms with Crippen LogP contribution in [0.5, 0.6) is 0 Å². The van der Waals surface area contributed by atoms with Crippen molar-refractivity contribution in [3.63, 3.8) is 0 Å². The van der Waals surface area contributed by atoms with Gasteiger partial charge in [0.2, 0.25) is 0 Å². The second kappa shape index (κ2) is 5.27. The van der Waals surface area contributed by atoms with Gasteiger partial charge in [0.25, 0.3) is 0 Å². The Bertz CT molecular complexity index is 394. The van der Waals surface area contributed by atoms with E-state index in [-0.39, 0.29) is 16.8 Å². The molecule has 0 saturated heterocycles. The molecule has 18 heavy (non-hydrogen) atoms. The minimum atomic E-state index is -0.314. The minimum absolute atomic E-state index is 0.106. The quantitative estimate of drug-likeness (QED) is 0.870. The standard InChI is InChI=1S/C15H25FN2/c1-6-18(11-14(2,3)15(4,5)17)13-10-8-7-9-12(13)16/h7-10H,6,11,17H2,1-5H3. The van der Waals surface area contributed by atoms with Gasteiger partial charge in [-0.1, -0.05) is 26.0 Å². The first-order valence-electron chi connectivity index (χ1n) is 6.47. The van der Waals surface area contributed by atoms with E-state index in [4.69, 9.17) is 5.73 Å². The van der Waals surface area contributed by atoms with E-state index in [0.717, 1.165) is 13.1 Å². The Labute approximate surface area is 110 Å². The average Bonchev–Trinajstić information content (AvgIpc) is 2.25. The van der Waals surface area contributed by atoms with Gasteiger partial charge in [-0.05, 0) is 38.3 Å². The molecular weight excluding hydrogens is 227 g/mol. The summed E-state index contributed by atoms with van der Waals surface area (Å²) in [5.41, 5.74) is 6.44. The smallest absolute Gasteiger partial charge is 0.146 e. The number of hydrogen-bond donors (Lipinski definition) is 1. The van der Waals surface area contributed by atoms with Crippen LogP contribution in [0, 0.1) is 11.2 Å². The first-order chi connectivity index (χ1) is 8.19. The average molecular weight is 252 g/mol. The fourth-order valence-electron chi connectivity index (χ4n) is 1.76. The molecule has 0 amide bonds. The lowest BCUT2D eigenvalue weighted by Gasteiger charge is -2.42. The Morgan fingerprint density at radius 2 is 1.72 bits per heavy atom. The largest absolute Gasteiger partial charge is 0.369 e. The van der Waals surface area contributed by atoms with Gasteiger partial charge in [-0.2, -0.15) is 0 Å². The lowest BCUT2D eigenvalue weighted by molar-refractivity contribution is 0.207. The summed E-state index contributed by atoms with van der Waals surface area (Å²) in [7, 11) is 0. The maximum Gasteiger partial charge on any atom is 0.146 e. The first kappa shape index (κ1) is 15.0. The van der Waals surface area contributed by atoms with Crippen molar-refractivity contribution in [3.8, 4) is 0 Å². The van der Waals surface area contributed by atoms with Crippen molar-refractivity contribution in [3.05, 3.63) is 30.1 Å². The van der Waals surface area contributed by atoms with Gasteiger partial charge in [0, 0.05) is 18.6 Å². The highest BCUT2D eigenvalue weighted by atomic mass is 19.1. The summed E-state index contributed by atoms with van der Waals surface area (Å²) < 4.78 is 13.8. The van der Waals surface area contributed by atoms with E-state index >= 15 is 0 Å². The highest BCUT2D eigenvalue weighted by molar-refractivity contribution is 5.47. The van der Waals surface area contributed by atoms with Crippen molar-refractivity contribution in [2.75, 3.05) is 18.0 Å². The molecular formula is C15H25FN2. The van der Waals surface area contributed by atoms with Crippen molar-refractivity contribution in [1.29, 1.82) is 0 Å². The predicted octanol–water partition coefficient (Wildman–Crippen LogP) is 3.42. The molecule has 1 aromatic carbocycles. The Hall–Kier alpha value is -1.09. The van der Waals surface area contributed by atoms with Gasteiger partial charge in [0.1, 0.15) is 5.82 Å². The van der Waals surface area contributed by atoms with E-state index in [1.54, 1.807) is 6.07 Å². The Kier molecular flexibility index (Phi) is 4.38. The van der Waals surface area contributed by atoms with E-state index in [0.29, 0.717) is 5.69 Å². The Morgan fingerprint density at radius 1 is 1.17 bits per heavy atom. The molecule has 1 aromatic rings. The molecule has 0 fully saturated rings. The van der Waals surface area contributed by atoms with E-state index in [2.05, 4.69) is 13.8 Å². The van der Waals surface area contributed by atoms with Crippen LogP contribution in [0.25, 0.3) is 0 Å². The van der Waals surface area contributed by atoms with Crippen LogP contribution >= 0.6 is 0 Å². The molecule has 0 saturated carbocycles. The van der Waals surface area contributed by atoms with Gasteiger partial charge in [0.15, 0.2) is 0 Å². The van der Waals surface area contributed by atoms with Crippen molar-refractivity contribution in [2.45, 2.75) is 40.2 Å². The predicted molar refractivity (Wildman–Crippen MR) is 76.3 cm³/mol. The van der Waals surface area contributed by atoms with Crippen molar-refractivity contribution < 1.29 is 4.39 Å². The van der Waals surface area contributed by atoms with Gasteiger partial charge in [-0.25, -0.2) is 4.39 Å². The molecule has 0 aliphatic carbocycles. The molecule has 0 heterocycles. The molecule has 2 N–H and O–H groups in total. The molecule has 0 unspecified atom stereocenters. The van der Waals surface area contributed by atoms with E-state index in [9.17, 15) is 4.39 Å². The number of rotatable bonds is 5. The summed E-state index contributed by atoms with van der Waals surface area (Å²) in [5, 5.41) is 0. The van der Waals surface area contributed by atoms with Crippen LogP contribution in [0.2, 0.25) is 0 Å². The number of halogens is 1. The van der Waals surface area contributed by atoms with Gasteiger partial charge in [0.05, 0.1) is 5.69 Å². The van der Waals surface area contributed by atoms with E-state index in [1.165, 1.54) is 6.07 Å². The topological polar surface area (TPSA) is 29.3 Å². The van der Waals surface area contributed by atoms with Gasteiger partial charge in [-0.15, -0.1) is 0 Å². The number of anilines is 1. The van der Waals surface area contributed by atoms with Crippen LogP contribution in [0.1, 0.15) is 34.6 Å². The molecule has 0 spiro atoms. The Balaban J connectivity index is 2.97. The van der Waals surface area contributed by atoms with Crippen LogP contribution in [0.3, 0.4) is 0 Å². The molecule has 3 heteroatoms. The molecule has 1 rings (SSSR count). The molecule has 2 nitrogen and oxygen atoms in total. The van der Waals surface area contributed by atoms with Crippen LogP contribution in [-0.2, 0) is 0 Å². The molecule has 0 radical (unpaired) electrons. The minimum Gasteiger partial charge on any atom is -0.369 e. The Morgan fingerprint density at radius 3 is 2.17 bits per heavy atom. The maximum atomic E-state index is 13.8. The van der Waals surface area contributed by atoms with Crippen LogP contribution in [-0.4, -0.2) is 18.6 Å². The van der Waals surface area contributed by atoms with Gasteiger partial charge < -0.3 is 10.6 Å².